The first-order valence-corrected chi connectivity index (χ1v) is 14.2. The molecule has 0 aliphatic heterocycles. The van der Waals surface area contributed by atoms with Gasteiger partial charge in [-0.3, -0.25) is 0 Å². The molecule has 0 fully saturated rings. The average molecular weight is 635 g/mol. The molecule has 0 aromatic rings. The lowest BCUT2D eigenvalue weighted by atomic mass is 10.6. The highest BCUT2D eigenvalue weighted by molar-refractivity contribution is 5.56. The van der Waals surface area contributed by atoms with E-state index in [0.717, 1.165) is 0 Å². The van der Waals surface area contributed by atoms with Gasteiger partial charge in [0.15, 0.2) is 0 Å². The molecular formula is C26H50O17. The summed E-state index contributed by atoms with van der Waals surface area (Å²) in [6.07, 6.45) is -2.63. The molecule has 0 saturated heterocycles. The van der Waals surface area contributed by atoms with Gasteiger partial charge in [-0.1, -0.05) is 0 Å². The molecule has 0 bridgehead atoms. The van der Waals surface area contributed by atoms with E-state index in [9.17, 15) is 9.59 Å². The minimum atomic E-state index is -1.32. The second-order valence-electron chi connectivity index (χ2n) is 7.96. The van der Waals surface area contributed by atoms with E-state index in [1.807, 2.05) is 0 Å². The molecular weight excluding hydrogens is 584 g/mol. The Labute approximate surface area is 252 Å². The van der Waals surface area contributed by atoms with Crippen LogP contribution in [0.15, 0.2) is 0 Å². The van der Waals surface area contributed by atoms with Crippen molar-refractivity contribution in [2.24, 2.45) is 0 Å². The molecule has 0 heterocycles. The van der Waals surface area contributed by atoms with Crippen molar-refractivity contribution in [3.8, 4) is 0 Å². The Morgan fingerprint density at radius 1 is 0.256 bits per heavy atom. The van der Waals surface area contributed by atoms with Crippen molar-refractivity contribution in [1.29, 1.82) is 0 Å². The molecule has 2 N–H and O–H groups in total. The van der Waals surface area contributed by atoms with Crippen molar-refractivity contribution in [3.05, 3.63) is 0 Å². The molecule has 17 heteroatoms. The largest absolute Gasteiger partial charge is 0.505 e. The summed E-state index contributed by atoms with van der Waals surface area (Å²) in [7, 11) is 0. The Morgan fingerprint density at radius 3 is 0.488 bits per heavy atom. The summed E-state index contributed by atoms with van der Waals surface area (Å²) in [5, 5.41) is 16.6. The molecule has 0 aromatic heterocycles. The number of carbonyl (C=O) groups is 2. The summed E-state index contributed by atoms with van der Waals surface area (Å²) in [5.41, 5.74) is 0. The van der Waals surface area contributed by atoms with Gasteiger partial charge in [-0.2, -0.15) is 0 Å². The van der Waals surface area contributed by atoms with E-state index in [0.29, 0.717) is 132 Å². The zero-order valence-corrected chi connectivity index (χ0v) is 25.0. The highest BCUT2D eigenvalue weighted by atomic mass is 16.7. The van der Waals surface area contributed by atoms with Gasteiger partial charge in [0.1, 0.15) is 13.2 Å². The highest BCUT2D eigenvalue weighted by Gasteiger charge is 1.98. The molecule has 0 amide bonds. The standard InChI is InChI=1S/C26H50O17/c27-25(28)42-23-21-40-19-17-38-15-13-36-11-9-34-7-5-32-3-1-31-2-4-33-6-8-35-10-12-37-14-16-39-18-20-41-22-24-43-26(29)30/h1-24H2,(H,27,28)(H,29,30). The quantitative estimate of drug-likeness (QED) is 0.0716. The van der Waals surface area contributed by atoms with Gasteiger partial charge in [0, 0.05) is 0 Å². The molecule has 0 saturated carbocycles. The fraction of sp³-hybridized carbons (Fsp3) is 0.923. The van der Waals surface area contributed by atoms with E-state index >= 15 is 0 Å². The van der Waals surface area contributed by atoms with Gasteiger partial charge in [0.25, 0.3) is 0 Å². The van der Waals surface area contributed by atoms with Gasteiger partial charge in [-0.05, 0) is 0 Å². The minimum absolute atomic E-state index is 0.00166. The number of carboxylic acid groups (broad SMARTS) is 2. The van der Waals surface area contributed by atoms with Crippen LogP contribution in [0.2, 0.25) is 0 Å². The Morgan fingerprint density at radius 2 is 0.372 bits per heavy atom. The smallest absolute Gasteiger partial charge is 0.450 e. The molecule has 0 radical (unpaired) electrons. The lowest BCUT2D eigenvalue weighted by Crippen LogP contribution is -2.15. The fourth-order valence-electron chi connectivity index (χ4n) is 2.68. The molecule has 0 rings (SSSR count). The second-order valence-corrected chi connectivity index (χ2v) is 7.96. The predicted octanol–water partition coefficient (Wildman–Crippen LogP) is 0.558. The number of ether oxygens (including phenoxy) is 13. The maximum Gasteiger partial charge on any atom is 0.505 e. The van der Waals surface area contributed by atoms with Gasteiger partial charge in [-0.15, -0.1) is 0 Å². The number of hydrogen-bond acceptors (Lipinski definition) is 15. The summed E-state index contributed by atoms with van der Waals surface area (Å²) >= 11 is 0. The maximum atomic E-state index is 10.1. The van der Waals surface area contributed by atoms with E-state index in [2.05, 4.69) is 9.47 Å². The monoisotopic (exact) mass is 634 g/mol. The lowest BCUT2D eigenvalue weighted by molar-refractivity contribution is -0.0285. The third-order valence-electron chi connectivity index (χ3n) is 4.63. The van der Waals surface area contributed by atoms with Crippen LogP contribution in [0, 0.1) is 0 Å². The van der Waals surface area contributed by atoms with Crippen molar-refractivity contribution in [1.82, 2.24) is 0 Å². The van der Waals surface area contributed by atoms with Crippen LogP contribution in [0.4, 0.5) is 9.59 Å². The van der Waals surface area contributed by atoms with Crippen LogP contribution in [-0.4, -0.2) is 181 Å². The molecule has 43 heavy (non-hydrogen) atoms. The Bertz CT molecular complexity index is 536. The average Bonchev–Trinajstić information content (AvgIpc) is 2.98. The summed E-state index contributed by atoms with van der Waals surface area (Å²) in [6, 6.07) is 0. The Kier molecular flexibility index (Phi) is 34.7. The van der Waals surface area contributed by atoms with Crippen LogP contribution in [0.3, 0.4) is 0 Å². The zero-order valence-electron chi connectivity index (χ0n) is 25.0. The summed E-state index contributed by atoms with van der Waals surface area (Å²) in [4.78, 5) is 20.3. The van der Waals surface area contributed by atoms with Crippen LogP contribution in [0.1, 0.15) is 0 Å². The van der Waals surface area contributed by atoms with Gasteiger partial charge in [0.05, 0.1) is 145 Å². The normalized spacial score (nSPS) is 11.2. The second kappa shape index (κ2) is 36.3. The summed E-state index contributed by atoms with van der Waals surface area (Å²) < 4.78 is 67.4. The molecule has 0 aliphatic carbocycles. The molecule has 0 aliphatic rings. The van der Waals surface area contributed by atoms with Crippen LogP contribution in [0.25, 0.3) is 0 Å². The molecule has 0 aromatic carbocycles. The third kappa shape index (κ3) is 40.1. The van der Waals surface area contributed by atoms with E-state index in [-0.39, 0.29) is 26.4 Å². The minimum Gasteiger partial charge on any atom is -0.450 e. The highest BCUT2D eigenvalue weighted by Crippen LogP contribution is 1.87. The Balaban J connectivity index is 3.04. The molecule has 0 atom stereocenters. The van der Waals surface area contributed by atoms with Crippen molar-refractivity contribution in [2.45, 2.75) is 0 Å². The van der Waals surface area contributed by atoms with Crippen LogP contribution >= 0.6 is 0 Å². The molecule has 0 spiro atoms. The molecule has 0 unspecified atom stereocenters. The number of hydrogen-bond donors (Lipinski definition) is 2. The van der Waals surface area contributed by atoms with Crippen LogP contribution in [0.5, 0.6) is 0 Å². The van der Waals surface area contributed by atoms with E-state index in [1.165, 1.54) is 0 Å². The van der Waals surface area contributed by atoms with Crippen LogP contribution < -0.4 is 0 Å². The topological polar surface area (TPSA) is 195 Å². The SMILES string of the molecule is O=C(O)OCCOCCOCCOCCOCCOCCOCCOCCOCCOCCOCCOCCOC(=O)O. The van der Waals surface area contributed by atoms with E-state index in [1.54, 1.807) is 0 Å². The van der Waals surface area contributed by atoms with Gasteiger partial charge in [0.2, 0.25) is 0 Å². The summed E-state index contributed by atoms with van der Waals surface area (Å²) in [6.45, 7) is 9.25. The first-order valence-electron chi connectivity index (χ1n) is 14.2. The number of rotatable bonds is 36. The third-order valence-corrected chi connectivity index (χ3v) is 4.63. The lowest BCUT2D eigenvalue weighted by Gasteiger charge is -2.09. The first kappa shape index (κ1) is 41.1. The fourth-order valence-corrected chi connectivity index (χ4v) is 2.68. The molecule has 17 nitrogen and oxygen atoms in total. The molecule has 256 valence electrons. The van der Waals surface area contributed by atoms with Crippen molar-refractivity contribution in [2.75, 3.05) is 159 Å². The van der Waals surface area contributed by atoms with Gasteiger partial charge < -0.3 is 71.8 Å². The van der Waals surface area contributed by atoms with E-state index in [4.69, 9.17) is 62.3 Å². The zero-order chi connectivity index (χ0) is 31.3. The van der Waals surface area contributed by atoms with E-state index < -0.39 is 12.3 Å². The van der Waals surface area contributed by atoms with Crippen molar-refractivity contribution < 1.29 is 81.4 Å². The summed E-state index contributed by atoms with van der Waals surface area (Å²) in [5.74, 6) is 0. The Hall–Kier alpha value is -1.90. The van der Waals surface area contributed by atoms with Crippen molar-refractivity contribution >= 4 is 12.3 Å². The van der Waals surface area contributed by atoms with Crippen molar-refractivity contribution in [3.63, 3.8) is 0 Å². The van der Waals surface area contributed by atoms with Gasteiger partial charge >= 0.3 is 12.3 Å². The van der Waals surface area contributed by atoms with Crippen LogP contribution in [-0.2, 0) is 61.6 Å². The first-order chi connectivity index (χ1) is 21.1. The van der Waals surface area contributed by atoms with Gasteiger partial charge in [-0.25, -0.2) is 9.59 Å². The predicted molar refractivity (Wildman–Crippen MR) is 147 cm³/mol. The maximum absolute atomic E-state index is 10.1.